The Hall–Kier alpha value is -0.650. The van der Waals surface area contributed by atoms with E-state index in [2.05, 4.69) is 4.90 Å². The van der Waals surface area contributed by atoms with Crippen LogP contribution < -0.4 is 5.73 Å². The molecule has 5 heteroatoms. The van der Waals surface area contributed by atoms with Crippen molar-refractivity contribution < 1.29 is 9.53 Å². The van der Waals surface area contributed by atoms with Crippen molar-refractivity contribution in [1.82, 2.24) is 9.80 Å². The zero-order valence-electron chi connectivity index (χ0n) is 13.5. The lowest BCUT2D eigenvalue weighted by molar-refractivity contribution is -0.135. The molecule has 0 bridgehead atoms. The van der Waals surface area contributed by atoms with Gasteiger partial charge in [-0.1, -0.05) is 13.8 Å². The predicted octanol–water partition coefficient (Wildman–Crippen LogP) is 1.07. The average Bonchev–Trinajstić information content (AvgIpc) is 2.88. The maximum absolute atomic E-state index is 11.9. The van der Waals surface area contributed by atoms with Gasteiger partial charge in [0.05, 0.1) is 12.6 Å². The number of ether oxygens (including phenoxy) is 1. The number of hydrogen-bond donors (Lipinski definition) is 1. The molecule has 0 aromatic rings. The largest absolute Gasteiger partial charge is 0.380 e. The van der Waals surface area contributed by atoms with E-state index >= 15 is 0 Å². The summed E-state index contributed by atoms with van der Waals surface area (Å²) in [5.74, 6) is 0.0860. The highest BCUT2D eigenvalue weighted by molar-refractivity contribution is 5.81. The smallest absolute Gasteiger partial charge is 0.239 e. The van der Waals surface area contributed by atoms with Crippen molar-refractivity contribution in [2.45, 2.75) is 58.7 Å². The first-order valence-electron chi connectivity index (χ1n) is 8.01. The third-order valence-electron chi connectivity index (χ3n) is 4.05. The van der Waals surface area contributed by atoms with Crippen LogP contribution in [0.15, 0.2) is 0 Å². The Morgan fingerprint density at radius 1 is 1.35 bits per heavy atom. The maximum atomic E-state index is 11.9. The molecule has 2 aliphatic rings. The van der Waals surface area contributed by atoms with Gasteiger partial charge >= 0.3 is 0 Å². The van der Waals surface area contributed by atoms with Crippen LogP contribution in [0.2, 0.25) is 0 Å². The predicted molar refractivity (Wildman–Crippen MR) is 81.6 cm³/mol. The van der Waals surface area contributed by atoms with Gasteiger partial charge in [0.1, 0.15) is 0 Å². The van der Waals surface area contributed by atoms with Crippen LogP contribution in [0.5, 0.6) is 0 Å². The quantitative estimate of drug-likeness (QED) is 0.839. The van der Waals surface area contributed by atoms with E-state index in [1.165, 1.54) is 12.8 Å². The summed E-state index contributed by atoms with van der Waals surface area (Å²) in [5.41, 5.74) is 5.67. The van der Waals surface area contributed by atoms with Crippen molar-refractivity contribution in [3.05, 3.63) is 0 Å². The standard InChI is InChI=1S/C13H25N3O2.C2H6/c1-3-18-9-12-5-4-11-8-15(6-7-16(11)12)13(17)10(2)14;1-2/h10-12H,3-9,14H2,1-2H3;1-2H3. The normalized spacial score (nSPS) is 27.6. The Bertz CT molecular complexity index is 297. The molecule has 2 fully saturated rings. The number of fused-ring (bicyclic) bond motifs is 1. The molecule has 0 aromatic heterocycles. The van der Waals surface area contributed by atoms with Crippen LogP contribution in [0.3, 0.4) is 0 Å². The van der Waals surface area contributed by atoms with E-state index in [4.69, 9.17) is 10.5 Å². The Morgan fingerprint density at radius 2 is 2.05 bits per heavy atom. The molecule has 20 heavy (non-hydrogen) atoms. The number of amides is 1. The van der Waals surface area contributed by atoms with Crippen molar-refractivity contribution in [3.63, 3.8) is 0 Å². The summed E-state index contributed by atoms with van der Waals surface area (Å²) in [7, 11) is 0. The molecule has 2 N–H and O–H groups in total. The fraction of sp³-hybridized carbons (Fsp3) is 0.933. The Kier molecular flexibility index (Phi) is 7.48. The molecule has 3 unspecified atom stereocenters. The van der Waals surface area contributed by atoms with E-state index in [0.29, 0.717) is 12.1 Å². The summed E-state index contributed by atoms with van der Waals surface area (Å²) in [4.78, 5) is 16.3. The lowest BCUT2D eigenvalue weighted by Gasteiger charge is -2.40. The minimum atomic E-state index is -0.378. The Balaban J connectivity index is 0.000000956. The topological polar surface area (TPSA) is 58.8 Å². The zero-order chi connectivity index (χ0) is 15.1. The third kappa shape index (κ3) is 4.17. The van der Waals surface area contributed by atoms with Crippen LogP contribution in [0.25, 0.3) is 0 Å². The van der Waals surface area contributed by atoms with E-state index < -0.39 is 0 Å². The molecule has 5 nitrogen and oxygen atoms in total. The zero-order valence-corrected chi connectivity index (χ0v) is 13.5. The highest BCUT2D eigenvalue weighted by Crippen LogP contribution is 2.27. The molecule has 0 saturated carbocycles. The monoisotopic (exact) mass is 285 g/mol. The molecular weight excluding hydrogens is 254 g/mol. The van der Waals surface area contributed by atoms with Crippen LogP contribution in [-0.4, -0.2) is 66.7 Å². The van der Waals surface area contributed by atoms with Gasteiger partial charge in [-0.15, -0.1) is 0 Å². The molecule has 0 aliphatic carbocycles. The van der Waals surface area contributed by atoms with Gasteiger partial charge in [0.2, 0.25) is 5.91 Å². The van der Waals surface area contributed by atoms with E-state index in [1.54, 1.807) is 6.92 Å². The summed E-state index contributed by atoms with van der Waals surface area (Å²) in [6.07, 6.45) is 2.35. The van der Waals surface area contributed by atoms with Crippen LogP contribution in [0.4, 0.5) is 0 Å². The summed E-state index contributed by atoms with van der Waals surface area (Å²) in [5, 5.41) is 0. The van der Waals surface area contributed by atoms with Crippen molar-refractivity contribution in [2.24, 2.45) is 5.73 Å². The Morgan fingerprint density at radius 3 is 2.65 bits per heavy atom. The number of carbonyl (C=O) groups is 1. The average molecular weight is 285 g/mol. The maximum Gasteiger partial charge on any atom is 0.239 e. The number of carbonyl (C=O) groups excluding carboxylic acids is 1. The number of nitrogens with zero attached hydrogens (tertiary/aromatic N) is 2. The minimum absolute atomic E-state index is 0.0860. The van der Waals surface area contributed by atoms with E-state index in [1.807, 2.05) is 25.7 Å². The molecule has 0 radical (unpaired) electrons. The first-order valence-corrected chi connectivity index (χ1v) is 8.01. The lowest BCUT2D eigenvalue weighted by atomic mass is 10.1. The van der Waals surface area contributed by atoms with Gasteiger partial charge in [-0.2, -0.15) is 0 Å². The second-order valence-corrected chi connectivity index (χ2v) is 5.36. The fourth-order valence-electron chi connectivity index (χ4n) is 3.08. The van der Waals surface area contributed by atoms with Crippen molar-refractivity contribution >= 4 is 5.91 Å². The molecule has 2 heterocycles. The summed E-state index contributed by atoms with van der Waals surface area (Å²) in [6, 6.07) is 0.673. The molecule has 2 rings (SSSR count). The fourth-order valence-corrected chi connectivity index (χ4v) is 3.08. The van der Waals surface area contributed by atoms with Crippen molar-refractivity contribution in [1.29, 1.82) is 0 Å². The summed E-state index contributed by atoms with van der Waals surface area (Å²) >= 11 is 0. The number of rotatable bonds is 4. The van der Waals surface area contributed by atoms with Crippen LogP contribution in [0, 0.1) is 0 Å². The van der Waals surface area contributed by atoms with Crippen molar-refractivity contribution in [3.8, 4) is 0 Å². The van der Waals surface area contributed by atoms with Gasteiger partial charge in [-0.3, -0.25) is 9.69 Å². The van der Waals surface area contributed by atoms with Gasteiger partial charge < -0.3 is 15.4 Å². The minimum Gasteiger partial charge on any atom is -0.380 e. The molecular formula is C15H31N3O2. The highest BCUT2D eigenvalue weighted by atomic mass is 16.5. The van der Waals surface area contributed by atoms with Gasteiger partial charge in [0.15, 0.2) is 0 Å². The second-order valence-electron chi connectivity index (χ2n) is 5.36. The first-order chi connectivity index (χ1) is 9.63. The van der Waals surface area contributed by atoms with Crippen LogP contribution in [-0.2, 0) is 9.53 Å². The molecule has 0 aromatic carbocycles. The number of piperazine rings is 1. The van der Waals surface area contributed by atoms with Crippen molar-refractivity contribution in [2.75, 3.05) is 32.8 Å². The van der Waals surface area contributed by atoms with Gasteiger partial charge in [-0.05, 0) is 26.7 Å². The molecule has 3 atom stereocenters. The van der Waals surface area contributed by atoms with Gasteiger partial charge in [0, 0.05) is 38.3 Å². The number of nitrogens with two attached hydrogens (primary N) is 1. The molecule has 0 spiro atoms. The van der Waals surface area contributed by atoms with E-state index in [0.717, 1.165) is 32.8 Å². The van der Waals surface area contributed by atoms with Gasteiger partial charge in [0.25, 0.3) is 0 Å². The van der Waals surface area contributed by atoms with E-state index in [9.17, 15) is 4.79 Å². The molecule has 118 valence electrons. The molecule has 2 aliphatic heterocycles. The summed E-state index contributed by atoms with van der Waals surface area (Å²) in [6.45, 7) is 12.0. The molecule has 2 saturated heterocycles. The van der Waals surface area contributed by atoms with Gasteiger partial charge in [-0.25, -0.2) is 0 Å². The SMILES string of the molecule is CC.CCOCC1CCC2CN(C(=O)C(C)N)CCN12. The van der Waals surface area contributed by atoms with E-state index in [-0.39, 0.29) is 11.9 Å². The first kappa shape index (κ1) is 17.4. The second kappa shape index (κ2) is 8.60. The number of hydrogen-bond acceptors (Lipinski definition) is 4. The molecule has 1 amide bonds. The van der Waals surface area contributed by atoms with Crippen LogP contribution >= 0.6 is 0 Å². The Labute approximate surface area is 123 Å². The lowest BCUT2D eigenvalue weighted by Crippen LogP contribution is -2.57. The third-order valence-corrected chi connectivity index (χ3v) is 4.05. The summed E-state index contributed by atoms with van der Waals surface area (Å²) < 4.78 is 5.54. The highest BCUT2D eigenvalue weighted by Gasteiger charge is 2.38. The van der Waals surface area contributed by atoms with Crippen LogP contribution in [0.1, 0.15) is 40.5 Å².